The van der Waals surface area contributed by atoms with E-state index in [9.17, 15) is 9.90 Å². The van der Waals surface area contributed by atoms with Gasteiger partial charge in [-0.25, -0.2) is 4.79 Å². The smallest absolute Gasteiger partial charge is 0.336 e. The second-order valence-electron chi connectivity index (χ2n) is 6.15. The van der Waals surface area contributed by atoms with E-state index >= 15 is 0 Å². The summed E-state index contributed by atoms with van der Waals surface area (Å²) in [6.07, 6.45) is 1.78. The van der Waals surface area contributed by atoms with Gasteiger partial charge in [-0.2, -0.15) is 0 Å². The molecule has 1 aromatic heterocycles. The van der Waals surface area contributed by atoms with Gasteiger partial charge in [0.1, 0.15) is 0 Å². The number of aromatic carboxylic acids is 1. The quantitative estimate of drug-likeness (QED) is 0.619. The molecule has 0 fully saturated rings. The van der Waals surface area contributed by atoms with Gasteiger partial charge in [0.2, 0.25) is 0 Å². The Kier molecular flexibility index (Phi) is 4.96. The van der Waals surface area contributed by atoms with Gasteiger partial charge in [0.15, 0.2) is 0 Å². The molecule has 0 amide bonds. The minimum atomic E-state index is -0.944. The zero-order valence-electron chi connectivity index (χ0n) is 14.8. The Morgan fingerprint density at radius 1 is 1.12 bits per heavy atom. The van der Waals surface area contributed by atoms with Crippen LogP contribution < -0.4 is 0 Å². The van der Waals surface area contributed by atoms with E-state index in [2.05, 4.69) is 15.6 Å². The first-order valence-electron chi connectivity index (χ1n) is 8.20. The number of carboxylic acid groups (broad SMARTS) is 1. The summed E-state index contributed by atoms with van der Waals surface area (Å²) >= 11 is 5.98. The molecule has 0 aliphatic heterocycles. The summed E-state index contributed by atoms with van der Waals surface area (Å²) in [5.74, 6) is -0.944. The number of nitrogens with zero attached hydrogens (tertiary/aromatic N) is 2. The van der Waals surface area contributed by atoms with E-state index in [4.69, 9.17) is 11.6 Å². The highest BCUT2D eigenvalue weighted by molar-refractivity contribution is 6.30. The number of aryl methyl sites for hydroxylation is 1. The zero-order valence-corrected chi connectivity index (χ0v) is 15.6. The van der Waals surface area contributed by atoms with Crippen LogP contribution >= 0.6 is 11.6 Å². The van der Waals surface area contributed by atoms with Crippen molar-refractivity contribution in [2.24, 2.45) is 4.99 Å². The largest absolute Gasteiger partial charge is 0.478 e. The molecule has 3 aromatic rings. The van der Waals surface area contributed by atoms with E-state index < -0.39 is 5.97 Å². The number of aliphatic imine (C=N–C) groups is 1. The van der Waals surface area contributed by atoms with Crippen molar-refractivity contribution in [2.45, 2.75) is 20.8 Å². The molecule has 1 N–H and O–H groups in total. The number of rotatable bonds is 4. The number of aromatic nitrogens is 1. The van der Waals surface area contributed by atoms with Gasteiger partial charge in [0.05, 0.1) is 11.3 Å². The third-order valence-electron chi connectivity index (χ3n) is 4.43. The fourth-order valence-electron chi connectivity index (χ4n) is 3.04. The van der Waals surface area contributed by atoms with E-state index in [1.54, 1.807) is 25.3 Å². The monoisotopic (exact) mass is 366 g/mol. The Morgan fingerprint density at radius 2 is 1.81 bits per heavy atom. The van der Waals surface area contributed by atoms with Crippen molar-refractivity contribution >= 4 is 29.5 Å². The highest BCUT2D eigenvalue weighted by Gasteiger charge is 2.11. The Bertz CT molecular complexity index is 1000. The third kappa shape index (κ3) is 3.41. The van der Waals surface area contributed by atoms with Crippen LogP contribution in [0.1, 0.15) is 32.9 Å². The number of benzene rings is 2. The van der Waals surface area contributed by atoms with Crippen molar-refractivity contribution in [1.29, 1.82) is 0 Å². The number of halogens is 1. The maximum absolute atomic E-state index is 11.3. The molecule has 0 aliphatic rings. The van der Waals surface area contributed by atoms with Crippen molar-refractivity contribution in [1.82, 2.24) is 4.57 Å². The molecule has 0 radical (unpaired) electrons. The first-order chi connectivity index (χ1) is 12.4. The summed E-state index contributed by atoms with van der Waals surface area (Å²) in [6, 6.07) is 14.9. The molecular formula is C21H19ClN2O2. The predicted molar refractivity (Wildman–Crippen MR) is 106 cm³/mol. The fourth-order valence-corrected chi connectivity index (χ4v) is 3.17. The highest BCUT2D eigenvalue weighted by Crippen LogP contribution is 2.24. The molecule has 1 heterocycles. The van der Waals surface area contributed by atoms with E-state index in [0.29, 0.717) is 16.3 Å². The zero-order chi connectivity index (χ0) is 18.8. The predicted octanol–water partition coefficient (Wildman–Crippen LogP) is 5.50. The van der Waals surface area contributed by atoms with Gasteiger partial charge >= 0.3 is 5.97 Å². The van der Waals surface area contributed by atoms with Crippen LogP contribution in [-0.4, -0.2) is 21.9 Å². The number of hydrogen-bond donors (Lipinski definition) is 1. The molecule has 2 aromatic carbocycles. The van der Waals surface area contributed by atoms with Crippen LogP contribution in [0.4, 0.5) is 5.69 Å². The molecule has 132 valence electrons. The molecule has 0 atom stereocenters. The van der Waals surface area contributed by atoms with Crippen LogP contribution in [-0.2, 0) is 0 Å². The first-order valence-corrected chi connectivity index (χ1v) is 8.58. The van der Waals surface area contributed by atoms with Crippen LogP contribution in [0.5, 0.6) is 0 Å². The average molecular weight is 367 g/mol. The second kappa shape index (κ2) is 7.18. The van der Waals surface area contributed by atoms with Gasteiger partial charge in [-0.15, -0.1) is 0 Å². The maximum atomic E-state index is 11.3. The lowest BCUT2D eigenvalue weighted by Gasteiger charge is -2.09. The lowest BCUT2D eigenvalue weighted by molar-refractivity contribution is 0.0696. The minimum Gasteiger partial charge on any atom is -0.478 e. The summed E-state index contributed by atoms with van der Waals surface area (Å²) in [7, 11) is 0. The molecule has 26 heavy (non-hydrogen) atoms. The molecule has 4 nitrogen and oxygen atoms in total. The molecular weight excluding hydrogens is 348 g/mol. The van der Waals surface area contributed by atoms with Crippen LogP contribution in [0.25, 0.3) is 5.69 Å². The van der Waals surface area contributed by atoms with Gasteiger partial charge in [-0.1, -0.05) is 17.7 Å². The minimum absolute atomic E-state index is 0.270. The topological polar surface area (TPSA) is 54.6 Å². The van der Waals surface area contributed by atoms with E-state index in [1.807, 2.05) is 44.2 Å². The second-order valence-corrected chi connectivity index (χ2v) is 6.59. The number of carboxylic acids is 1. The third-order valence-corrected chi connectivity index (χ3v) is 4.69. The standard InChI is InChI=1S/C21H19ClN2O2/c1-13-11-16(15(3)24(13)18-9-7-17(22)8-10-18)12-23-20-6-4-5-19(14(20)2)21(25)26/h4-12H,1-3H3,(H,25,26). The SMILES string of the molecule is Cc1c(N=Cc2cc(C)n(-c3ccc(Cl)cc3)c2C)cccc1C(=O)O. The number of hydrogen-bond acceptors (Lipinski definition) is 2. The van der Waals surface area contributed by atoms with Crippen LogP contribution in [0, 0.1) is 20.8 Å². The van der Waals surface area contributed by atoms with Crippen LogP contribution in [0.15, 0.2) is 53.5 Å². The first kappa shape index (κ1) is 18.0. The lowest BCUT2D eigenvalue weighted by Crippen LogP contribution is -1.99. The maximum Gasteiger partial charge on any atom is 0.336 e. The van der Waals surface area contributed by atoms with Crippen LogP contribution in [0.3, 0.4) is 0 Å². The molecule has 0 unspecified atom stereocenters. The van der Waals surface area contributed by atoms with Gasteiger partial charge < -0.3 is 9.67 Å². The summed E-state index contributed by atoms with van der Waals surface area (Å²) < 4.78 is 2.14. The summed E-state index contributed by atoms with van der Waals surface area (Å²) in [5.41, 5.74) is 5.74. The average Bonchev–Trinajstić information content (AvgIpc) is 2.88. The molecule has 0 spiro atoms. The molecule has 0 saturated carbocycles. The van der Waals surface area contributed by atoms with E-state index in [-0.39, 0.29) is 5.56 Å². The van der Waals surface area contributed by atoms with Gasteiger partial charge in [-0.05, 0) is 68.8 Å². The molecule has 0 aliphatic carbocycles. The van der Waals surface area contributed by atoms with E-state index in [1.165, 1.54) is 0 Å². The molecule has 5 heteroatoms. The van der Waals surface area contributed by atoms with Crippen molar-refractivity contribution in [3.05, 3.63) is 81.6 Å². The molecule has 3 rings (SSSR count). The van der Waals surface area contributed by atoms with E-state index in [0.717, 1.165) is 22.6 Å². The Balaban J connectivity index is 1.98. The van der Waals surface area contributed by atoms with Crippen molar-refractivity contribution in [3.8, 4) is 5.69 Å². The summed E-state index contributed by atoms with van der Waals surface area (Å²) in [4.78, 5) is 15.8. The highest BCUT2D eigenvalue weighted by atomic mass is 35.5. The molecule has 0 saturated heterocycles. The number of carbonyl (C=O) groups is 1. The summed E-state index contributed by atoms with van der Waals surface area (Å²) in [6.45, 7) is 5.84. The Morgan fingerprint density at radius 3 is 2.46 bits per heavy atom. The van der Waals surface area contributed by atoms with Crippen LogP contribution in [0.2, 0.25) is 5.02 Å². The fraction of sp³-hybridized carbons (Fsp3) is 0.143. The normalized spacial score (nSPS) is 11.2. The van der Waals surface area contributed by atoms with Crippen molar-refractivity contribution in [2.75, 3.05) is 0 Å². The van der Waals surface area contributed by atoms with Gasteiger partial charge in [-0.3, -0.25) is 4.99 Å². The lowest BCUT2D eigenvalue weighted by atomic mass is 10.1. The van der Waals surface area contributed by atoms with Crippen molar-refractivity contribution in [3.63, 3.8) is 0 Å². The Labute approximate surface area is 157 Å². The van der Waals surface area contributed by atoms with Gasteiger partial charge in [0, 0.05) is 33.9 Å². The molecule has 0 bridgehead atoms. The van der Waals surface area contributed by atoms with Crippen molar-refractivity contribution < 1.29 is 9.90 Å². The summed E-state index contributed by atoms with van der Waals surface area (Å²) in [5, 5.41) is 9.94. The Hall–Kier alpha value is -2.85. The van der Waals surface area contributed by atoms with Gasteiger partial charge in [0.25, 0.3) is 0 Å².